The van der Waals surface area contributed by atoms with E-state index in [2.05, 4.69) is 12.2 Å². The quantitative estimate of drug-likeness (QED) is 0.520. The average Bonchev–Trinajstić information content (AvgIpc) is 2.77. The lowest BCUT2D eigenvalue weighted by molar-refractivity contribution is -0.111. The fourth-order valence-corrected chi connectivity index (χ4v) is 2.94. The Hall–Kier alpha value is -3.53. The van der Waals surface area contributed by atoms with Crippen molar-refractivity contribution in [2.75, 3.05) is 12.4 Å². The number of nitrogens with one attached hydrogen (secondary N) is 1. The fourth-order valence-electron chi connectivity index (χ4n) is 2.94. The van der Waals surface area contributed by atoms with Gasteiger partial charge in [-0.2, -0.15) is 0 Å². The van der Waals surface area contributed by atoms with Gasteiger partial charge in [0.2, 0.25) is 5.91 Å². The number of rotatable bonds is 8. The van der Waals surface area contributed by atoms with Crippen LogP contribution in [0.15, 0.2) is 78.9 Å². The molecule has 3 rings (SSSR count). The molecule has 0 heterocycles. The van der Waals surface area contributed by atoms with Crippen LogP contribution in [-0.2, 0) is 17.8 Å². The zero-order valence-corrected chi connectivity index (χ0v) is 16.7. The van der Waals surface area contributed by atoms with E-state index in [1.165, 1.54) is 6.08 Å². The van der Waals surface area contributed by atoms with Gasteiger partial charge in [-0.15, -0.1) is 0 Å². The number of hydrogen-bond donors (Lipinski definition) is 1. The predicted molar refractivity (Wildman–Crippen MR) is 117 cm³/mol. The van der Waals surface area contributed by atoms with Crippen LogP contribution in [0.2, 0.25) is 0 Å². The summed E-state index contributed by atoms with van der Waals surface area (Å²) in [5.41, 5.74) is 3.89. The number of methoxy groups -OCH3 is 1. The average molecular weight is 387 g/mol. The van der Waals surface area contributed by atoms with E-state index in [0.717, 1.165) is 28.8 Å². The first kappa shape index (κ1) is 20.2. The van der Waals surface area contributed by atoms with Crippen LogP contribution in [0.3, 0.4) is 0 Å². The van der Waals surface area contributed by atoms with Gasteiger partial charge in [0.15, 0.2) is 11.5 Å². The Morgan fingerprint density at radius 2 is 1.72 bits per heavy atom. The molecule has 0 radical (unpaired) electrons. The summed E-state index contributed by atoms with van der Waals surface area (Å²) >= 11 is 0. The second-order valence-electron chi connectivity index (χ2n) is 6.52. The van der Waals surface area contributed by atoms with Crippen molar-refractivity contribution in [3.8, 4) is 11.5 Å². The fraction of sp³-hybridized carbons (Fsp3) is 0.160. The van der Waals surface area contributed by atoms with Crippen LogP contribution in [0.4, 0.5) is 5.69 Å². The highest BCUT2D eigenvalue weighted by atomic mass is 16.5. The number of aryl methyl sites for hydroxylation is 1. The molecule has 0 aliphatic rings. The maximum Gasteiger partial charge on any atom is 0.248 e. The second-order valence-corrected chi connectivity index (χ2v) is 6.52. The molecule has 3 aromatic rings. The summed E-state index contributed by atoms with van der Waals surface area (Å²) in [6.07, 6.45) is 4.14. The van der Waals surface area contributed by atoms with Gasteiger partial charge < -0.3 is 14.8 Å². The summed E-state index contributed by atoms with van der Waals surface area (Å²) in [6, 6.07) is 23.4. The van der Waals surface area contributed by atoms with Crippen molar-refractivity contribution in [2.24, 2.45) is 0 Å². The van der Waals surface area contributed by atoms with Gasteiger partial charge >= 0.3 is 0 Å². The van der Waals surface area contributed by atoms with Gasteiger partial charge in [-0.25, -0.2) is 0 Å². The maximum atomic E-state index is 12.3. The third kappa shape index (κ3) is 5.72. The third-order valence-corrected chi connectivity index (χ3v) is 4.51. The smallest absolute Gasteiger partial charge is 0.248 e. The highest BCUT2D eigenvalue weighted by Gasteiger charge is 2.06. The number of carbonyl (C=O) groups is 1. The molecule has 4 heteroatoms. The normalized spacial score (nSPS) is 10.7. The Morgan fingerprint density at radius 1 is 0.966 bits per heavy atom. The first-order chi connectivity index (χ1) is 14.2. The molecule has 29 heavy (non-hydrogen) atoms. The van der Waals surface area contributed by atoms with Gasteiger partial charge in [0.25, 0.3) is 0 Å². The maximum absolute atomic E-state index is 12.3. The highest BCUT2D eigenvalue weighted by molar-refractivity contribution is 6.02. The lowest BCUT2D eigenvalue weighted by Gasteiger charge is -2.11. The molecule has 0 fully saturated rings. The first-order valence-corrected chi connectivity index (χ1v) is 9.61. The number of benzene rings is 3. The van der Waals surface area contributed by atoms with Crippen LogP contribution < -0.4 is 14.8 Å². The van der Waals surface area contributed by atoms with Crippen molar-refractivity contribution in [1.29, 1.82) is 0 Å². The van der Waals surface area contributed by atoms with Gasteiger partial charge in [-0.05, 0) is 47.4 Å². The molecule has 0 aliphatic carbocycles. The van der Waals surface area contributed by atoms with E-state index >= 15 is 0 Å². The zero-order valence-electron chi connectivity index (χ0n) is 16.7. The van der Waals surface area contributed by atoms with Crippen LogP contribution >= 0.6 is 0 Å². The van der Waals surface area contributed by atoms with Crippen LogP contribution in [0.1, 0.15) is 23.6 Å². The second kappa shape index (κ2) is 10.1. The van der Waals surface area contributed by atoms with E-state index in [1.807, 2.05) is 72.8 Å². The Bertz CT molecular complexity index is 980. The van der Waals surface area contributed by atoms with Gasteiger partial charge in [0.1, 0.15) is 6.61 Å². The summed E-state index contributed by atoms with van der Waals surface area (Å²) in [7, 11) is 1.60. The standard InChI is InChI=1S/C25H25NO3/c1-3-21-11-7-8-12-22(21)26-25(27)16-14-19-13-15-23(24(17-19)28-2)29-18-20-9-5-4-6-10-20/h4-17H,3,18H2,1-2H3,(H,26,27)/b16-14+. The lowest BCUT2D eigenvalue weighted by Crippen LogP contribution is -2.09. The minimum absolute atomic E-state index is 0.172. The number of ether oxygens (including phenoxy) is 2. The minimum Gasteiger partial charge on any atom is -0.493 e. The molecule has 0 aromatic heterocycles. The van der Waals surface area contributed by atoms with Crippen molar-refractivity contribution in [3.63, 3.8) is 0 Å². The molecule has 0 unspecified atom stereocenters. The number of hydrogen-bond acceptors (Lipinski definition) is 3. The molecule has 148 valence electrons. The molecule has 0 aliphatic heterocycles. The van der Waals surface area contributed by atoms with Crippen molar-refractivity contribution in [2.45, 2.75) is 20.0 Å². The topological polar surface area (TPSA) is 47.6 Å². The molecule has 1 N–H and O–H groups in total. The van der Waals surface area contributed by atoms with Crippen molar-refractivity contribution < 1.29 is 14.3 Å². The van der Waals surface area contributed by atoms with E-state index in [-0.39, 0.29) is 5.91 Å². The van der Waals surface area contributed by atoms with Crippen LogP contribution in [0.5, 0.6) is 11.5 Å². The van der Waals surface area contributed by atoms with E-state index in [9.17, 15) is 4.79 Å². The molecular weight excluding hydrogens is 362 g/mol. The highest BCUT2D eigenvalue weighted by Crippen LogP contribution is 2.29. The molecule has 0 spiro atoms. The van der Waals surface area contributed by atoms with Crippen molar-refractivity contribution >= 4 is 17.7 Å². The number of amides is 1. The number of carbonyl (C=O) groups excluding carboxylic acids is 1. The Morgan fingerprint density at radius 3 is 2.48 bits per heavy atom. The molecule has 0 saturated heterocycles. The summed E-state index contributed by atoms with van der Waals surface area (Å²) in [5.74, 6) is 1.11. The van der Waals surface area contributed by atoms with E-state index in [0.29, 0.717) is 18.1 Å². The van der Waals surface area contributed by atoms with Crippen LogP contribution in [0.25, 0.3) is 6.08 Å². The molecule has 1 amide bonds. The molecule has 4 nitrogen and oxygen atoms in total. The largest absolute Gasteiger partial charge is 0.493 e. The summed E-state index contributed by atoms with van der Waals surface area (Å²) in [4.78, 5) is 12.3. The number of anilines is 1. The molecular formula is C25H25NO3. The molecule has 0 bridgehead atoms. The monoisotopic (exact) mass is 387 g/mol. The Kier molecular flexibility index (Phi) is 7.06. The summed E-state index contributed by atoms with van der Waals surface area (Å²) in [5, 5.41) is 2.93. The third-order valence-electron chi connectivity index (χ3n) is 4.51. The van der Waals surface area contributed by atoms with Crippen molar-refractivity contribution in [3.05, 3.63) is 95.6 Å². The van der Waals surface area contributed by atoms with Gasteiger partial charge in [0.05, 0.1) is 7.11 Å². The van der Waals surface area contributed by atoms with Gasteiger partial charge in [-0.3, -0.25) is 4.79 Å². The van der Waals surface area contributed by atoms with Gasteiger partial charge in [-0.1, -0.05) is 61.5 Å². The Labute approximate surface area is 171 Å². The molecule has 0 atom stereocenters. The first-order valence-electron chi connectivity index (χ1n) is 9.61. The van der Waals surface area contributed by atoms with E-state index < -0.39 is 0 Å². The van der Waals surface area contributed by atoms with Crippen LogP contribution in [0, 0.1) is 0 Å². The van der Waals surface area contributed by atoms with Crippen molar-refractivity contribution in [1.82, 2.24) is 0 Å². The van der Waals surface area contributed by atoms with Gasteiger partial charge in [0, 0.05) is 11.8 Å². The lowest BCUT2D eigenvalue weighted by atomic mass is 10.1. The van der Waals surface area contributed by atoms with E-state index in [4.69, 9.17) is 9.47 Å². The zero-order chi connectivity index (χ0) is 20.5. The Balaban J connectivity index is 1.65. The summed E-state index contributed by atoms with van der Waals surface area (Å²) < 4.78 is 11.3. The molecule has 3 aromatic carbocycles. The number of para-hydroxylation sites is 1. The predicted octanol–water partition coefficient (Wildman–Crippen LogP) is 5.49. The van der Waals surface area contributed by atoms with E-state index in [1.54, 1.807) is 13.2 Å². The summed E-state index contributed by atoms with van der Waals surface area (Å²) in [6.45, 7) is 2.53. The minimum atomic E-state index is -0.172. The van der Waals surface area contributed by atoms with Crippen LogP contribution in [-0.4, -0.2) is 13.0 Å². The SMILES string of the molecule is CCc1ccccc1NC(=O)/C=C/c1ccc(OCc2ccccc2)c(OC)c1. The molecule has 0 saturated carbocycles.